The van der Waals surface area contributed by atoms with Crippen molar-refractivity contribution < 1.29 is 17.5 Å². The van der Waals surface area contributed by atoms with Gasteiger partial charge < -0.3 is 15.0 Å². The van der Waals surface area contributed by atoms with E-state index in [1.54, 1.807) is 30.7 Å². The maximum Gasteiger partial charge on any atom is 0.227 e. The number of hydrogen-bond donors (Lipinski definition) is 1. The maximum atomic E-state index is 15.3. The van der Waals surface area contributed by atoms with Crippen LogP contribution in [-0.2, 0) is 16.3 Å². The lowest BCUT2D eigenvalue weighted by Crippen LogP contribution is -2.47. The summed E-state index contributed by atoms with van der Waals surface area (Å²) in [6.07, 6.45) is 4.80. The minimum Gasteiger partial charge on any atom is -0.497 e. The van der Waals surface area contributed by atoms with Crippen LogP contribution >= 0.6 is 11.3 Å². The minimum atomic E-state index is -3.01. The molecule has 0 aliphatic carbocycles. The van der Waals surface area contributed by atoms with Crippen molar-refractivity contribution in [2.75, 3.05) is 62.1 Å². The maximum absolute atomic E-state index is 15.3. The van der Waals surface area contributed by atoms with E-state index in [0.717, 1.165) is 51.0 Å². The van der Waals surface area contributed by atoms with E-state index in [4.69, 9.17) is 14.7 Å². The summed E-state index contributed by atoms with van der Waals surface area (Å²) in [6, 6.07) is 13.0. The highest BCUT2D eigenvalue weighted by atomic mass is 32.2. The highest BCUT2D eigenvalue weighted by Gasteiger charge is 2.21. The van der Waals surface area contributed by atoms with Gasteiger partial charge in [-0.15, -0.1) is 11.3 Å². The summed E-state index contributed by atoms with van der Waals surface area (Å²) in [5.41, 5.74) is 4.70. The standard InChI is InChI=1S/C31H37FN6O3S2/c1-5-6-28-36-29(22-17-21(2)18-24(19-22)41-3)30(42-28)26-9-10-33-31(35-26)34-23-7-8-27(25(32)20-23)38-13-11-37(12-14-38)15-16-43(4,39)40/h7-10,17-20H,5-6,11-16H2,1-4H3,(H,33,34,35). The van der Waals surface area contributed by atoms with Crippen molar-refractivity contribution >= 4 is 38.5 Å². The van der Waals surface area contributed by atoms with Crippen LogP contribution in [0.3, 0.4) is 0 Å². The first kappa shape index (κ1) is 30.8. The third-order valence-corrected chi connectivity index (χ3v) is 9.34. The van der Waals surface area contributed by atoms with Gasteiger partial charge in [-0.3, -0.25) is 4.90 Å². The Bertz CT molecular complexity index is 1690. The average Bonchev–Trinajstić information content (AvgIpc) is 3.40. The predicted molar refractivity (Wildman–Crippen MR) is 172 cm³/mol. The second-order valence-electron chi connectivity index (χ2n) is 10.8. The number of rotatable bonds is 11. The number of anilines is 3. The van der Waals surface area contributed by atoms with Crippen LogP contribution in [0.1, 0.15) is 23.9 Å². The Morgan fingerprint density at radius 3 is 2.56 bits per heavy atom. The minimum absolute atomic E-state index is 0.135. The van der Waals surface area contributed by atoms with Gasteiger partial charge in [0.1, 0.15) is 21.4 Å². The van der Waals surface area contributed by atoms with Gasteiger partial charge in [-0.25, -0.2) is 27.8 Å². The van der Waals surface area contributed by atoms with E-state index in [9.17, 15) is 8.42 Å². The van der Waals surface area contributed by atoms with Gasteiger partial charge in [0.05, 0.1) is 39.8 Å². The van der Waals surface area contributed by atoms with Crippen molar-refractivity contribution in [3.63, 3.8) is 0 Å². The van der Waals surface area contributed by atoms with Gasteiger partial charge in [-0.05, 0) is 67.8 Å². The molecule has 2 aromatic heterocycles. The van der Waals surface area contributed by atoms with Crippen LogP contribution in [0.15, 0.2) is 48.7 Å². The van der Waals surface area contributed by atoms with Crippen LogP contribution in [0.5, 0.6) is 5.75 Å². The number of benzene rings is 2. The van der Waals surface area contributed by atoms with Gasteiger partial charge in [0.15, 0.2) is 0 Å². The van der Waals surface area contributed by atoms with E-state index in [1.165, 1.54) is 12.3 Å². The molecule has 0 spiro atoms. The Morgan fingerprint density at radius 1 is 1.07 bits per heavy atom. The van der Waals surface area contributed by atoms with Crippen molar-refractivity contribution in [1.82, 2.24) is 19.9 Å². The molecule has 2 aromatic carbocycles. The highest BCUT2D eigenvalue weighted by molar-refractivity contribution is 7.90. The fourth-order valence-electron chi connectivity index (χ4n) is 5.08. The van der Waals surface area contributed by atoms with Crippen molar-refractivity contribution in [2.24, 2.45) is 0 Å². The number of ether oxygens (including phenoxy) is 1. The average molecular weight is 625 g/mol. The van der Waals surface area contributed by atoms with Crippen molar-refractivity contribution in [2.45, 2.75) is 26.7 Å². The third kappa shape index (κ3) is 7.87. The lowest BCUT2D eigenvalue weighted by molar-refractivity contribution is 0.271. The predicted octanol–water partition coefficient (Wildman–Crippen LogP) is 5.59. The molecule has 0 unspecified atom stereocenters. The summed E-state index contributed by atoms with van der Waals surface area (Å²) in [4.78, 5) is 19.2. The van der Waals surface area contributed by atoms with Gasteiger partial charge in [-0.2, -0.15) is 0 Å². The number of thiazole rings is 1. The number of hydrogen-bond acceptors (Lipinski definition) is 10. The molecular formula is C31H37FN6O3S2. The Balaban J connectivity index is 1.33. The Morgan fingerprint density at radius 2 is 1.86 bits per heavy atom. The zero-order chi connectivity index (χ0) is 30.6. The molecule has 9 nitrogen and oxygen atoms in total. The molecule has 1 saturated heterocycles. The van der Waals surface area contributed by atoms with Crippen molar-refractivity contribution in [3.05, 3.63) is 65.0 Å². The van der Waals surface area contributed by atoms with Crippen LogP contribution in [-0.4, -0.2) is 80.1 Å². The smallest absolute Gasteiger partial charge is 0.227 e. The normalized spacial score (nSPS) is 14.2. The largest absolute Gasteiger partial charge is 0.497 e. The molecule has 0 saturated carbocycles. The molecule has 12 heteroatoms. The lowest BCUT2D eigenvalue weighted by Gasteiger charge is -2.36. The molecule has 1 aliphatic rings. The quantitative estimate of drug-likeness (QED) is 0.229. The first-order valence-electron chi connectivity index (χ1n) is 14.3. The number of halogens is 1. The molecule has 0 radical (unpaired) electrons. The molecule has 0 atom stereocenters. The van der Waals surface area contributed by atoms with Gasteiger partial charge in [0.2, 0.25) is 5.95 Å². The van der Waals surface area contributed by atoms with E-state index in [0.29, 0.717) is 50.0 Å². The number of nitrogens with one attached hydrogen (secondary N) is 1. The molecular weight excluding hydrogens is 588 g/mol. The van der Waals surface area contributed by atoms with Crippen molar-refractivity contribution in [3.8, 4) is 27.6 Å². The van der Waals surface area contributed by atoms with Gasteiger partial charge in [0, 0.05) is 56.4 Å². The molecule has 1 N–H and O–H groups in total. The summed E-state index contributed by atoms with van der Waals surface area (Å²) >= 11 is 1.62. The van der Waals surface area contributed by atoms with E-state index >= 15 is 4.39 Å². The second kappa shape index (κ2) is 13.4. The molecule has 0 amide bonds. The van der Waals surface area contributed by atoms with E-state index in [-0.39, 0.29) is 11.6 Å². The van der Waals surface area contributed by atoms with Crippen LogP contribution in [0.2, 0.25) is 0 Å². The Labute approximate surface area is 256 Å². The second-order valence-corrected chi connectivity index (χ2v) is 14.1. The van der Waals surface area contributed by atoms with Crippen LogP contribution in [0, 0.1) is 12.7 Å². The van der Waals surface area contributed by atoms with Gasteiger partial charge in [-0.1, -0.05) is 6.92 Å². The third-order valence-electron chi connectivity index (χ3n) is 7.28. The molecule has 43 heavy (non-hydrogen) atoms. The zero-order valence-electron chi connectivity index (χ0n) is 24.9. The summed E-state index contributed by atoms with van der Waals surface area (Å²) in [5, 5.41) is 4.20. The number of methoxy groups -OCH3 is 1. The Kier molecular flexibility index (Phi) is 9.58. The molecule has 1 aliphatic heterocycles. The van der Waals surface area contributed by atoms with E-state index in [1.807, 2.05) is 36.1 Å². The van der Waals surface area contributed by atoms with Gasteiger partial charge in [0.25, 0.3) is 0 Å². The van der Waals surface area contributed by atoms with E-state index in [2.05, 4.69) is 28.2 Å². The highest BCUT2D eigenvalue weighted by Crippen LogP contribution is 2.38. The molecule has 0 bridgehead atoms. The Hall–Kier alpha value is -3.61. The van der Waals surface area contributed by atoms with Gasteiger partial charge >= 0.3 is 0 Å². The number of aromatic nitrogens is 3. The summed E-state index contributed by atoms with van der Waals surface area (Å²) in [7, 11) is -1.35. The summed E-state index contributed by atoms with van der Waals surface area (Å²) < 4.78 is 43.7. The number of aryl methyl sites for hydroxylation is 2. The fourth-order valence-corrected chi connectivity index (χ4v) is 6.83. The van der Waals surface area contributed by atoms with E-state index < -0.39 is 9.84 Å². The van der Waals surface area contributed by atoms with Crippen LogP contribution < -0.4 is 15.0 Å². The summed E-state index contributed by atoms with van der Waals surface area (Å²) in [6.45, 7) is 7.29. The first-order valence-corrected chi connectivity index (χ1v) is 17.2. The SMILES string of the molecule is CCCc1nc(-c2cc(C)cc(OC)c2)c(-c2ccnc(Nc3ccc(N4CCN(CCS(C)(=O)=O)CC4)c(F)c3)n2)s1. The summed E-state index contributed by atoms with van der Waals surface area (Å²) in [5.74, 6) is 0.932. The molecule has 1 fully saturated rings. The number of piperazine rings is 1. The van der Waals surface area contributed by atoms with Crippen LogP contribution in [0.25, 0.3) is 21.8 Å². The fraction of sp³-hybridized carbons (Fsp3) is 0.387. The first-order chi connectivity index (χ1) is 20.6. The van der Waals surface area contributed by atoms with Crippen molar-refractivity contribution in [1.29, 1.82) is 0 Å². The molecule has 4 aromatic rings. The zero-order valence-corrected chi connectivity index (χ0v) is 26.6. The topological polar surface area (TPSA) is 101 Å². The molecule has 228 valence electrons. The lowest BCUT2D eigenvalue weighted by atomic mass is 10.1. The molecule has 3 heterocycles. The number of sulfone groups is 1. The van der Waals surface area contributed by atoms with Crippen LogP contribution in [0.4, 0.5) is 21.7 Å². The monoisotopic (exact) mass is 624 g/mol. The number of nitrogens with zero attached hydrogens (tertiary/aromatic N) is 5. The molecule has 5 rings (SSSR count).